The molecule has 0 fully saturated rings. The second kappa shape index (κ2) is 70.8. The SMILES string of the molecule is CCCCCCC/C=C\CCCCCCCC(=O)OCCCCCCCCCCCCCC/C=C\CCCCCCCCCCCCCCCCC(=O)NC(CO)C(O)CCCCCCCCCCCCCCCCCCCCCC. The van der Waals surface area contributed by atoms with Gasteiger partial charge in [-0.2, -0.15) is 0 Å². The summed E-state index contributed by atoms with van der Waals surface area (Å²) in [6.07, 6.45) is 89.6. The van der Waals surface area contributed by atoms with E-state index in [1.165, 1.54) is 340 Å². The fourth-order valence-electron chi connectivity index (χ4n) is 11.8. The number of aliphatic hydroxyl groups excluding tert-OH is 2. The molecule has 0 spiro atoms. The first kappa shape index (κ1) is 79.3. The van der Waals surface area contributed by atoms with E-state index in [0.29, 0.717) is 25.9 Å². The molecule has 0 aliphatic carbocycles. The first-order chi connectivity index (χ1) is 40.0. The van der Waals surface area contributed by atoms with E-state index in [0.717, 1.165) is 44.9 Å². The van der Waals surface area contributed by atoms with Crippen LogP contribution in [0.15, 0.2) is 24.3 Å². The van der Waals surface area contributed by atoms with Gasteiger partial charge in [0.25, 0.3) is 0 Å². The predicted molar refractivity (Wildman–Crippen MR) is 356 cm³/mol. The second-order valence-electron chi connectivity index (χ2n) is 25.6. The number of amides is 1. The molecule has 0 heterocycles. The van der Waals surface area contributed by atoms with Crippen molar-refractivity contribution >= 4 is 11.9 Å². The highest BCUT2D eigenvalue weighted by Crippen LogP contribution is 2.19. The first-order valence-electron chi connectivity index (χ1n) is 37.1. The van der Waals surface area contributed by atoms with Crippen LogP contribution in [-0.4, -0.2) is 47.4 Å². The highest BCUT2D eigenvalue weighted by molar-refractivity contribution is 5.76. The van der Waals surface area contributed by atoms with Gasteiger partial charge in [0.1, 0.15) is 0 Å². The van der Waals surface area contributed by atoms with Crippen molar-refractivity contribution in [2.45, 2.75) is 431 Å². The maximum absolute atomic E-state index is 12.5. The van der Waals surface area contributed by atoms with E-state index in [1.54, 1.807) is 0 Å². The Morgan fingerprint density at radius 1 is 0.333 bits per heavy atom. The van der Waals surface area contributed by atoms with Crippen LogP contribution in [0.3, 0.4) is 0 Å². The normalized spacial score (nSPS) is 12.6. The molecule has 0 aliphatic heterocycles. The minimum atomic E-state index is -0.664. The van der Waals surface area contributed by atoms with Crippen molar-refractivity contribution in [1.29, 1.82) is 0 Å². The molecule has 0 rings (SSSR count). The molecule has 0 aromatic heterocycles. The van der Waals surface area contributed by atoms with Gasteiger partial charge in [-0.15, -0.1) is 0 Å². The van der Waals surface area contributed by atoms with Crippen molar-refractivity contribution in [2.24, 2.45) is 0 Å². The number of allylic oxidation sites excluding steroid dienone is 4. The summed E-state index contributed by atoms with van der Waals surface area (Å²) in [5.74, 6) is -0.0195. The third-order valence-electron chi connectivity index (χ3n) is 17.5. The summed E-state index contributed by atoms with van der Waals surface area (Å²) in [7, 11) is 0. The number of ether oxygens (including phenoxy) is 1. The van der Waals surface area contributed by atoms with Crippen LogP contribution in [0, 0.1) is 0 Å². The third-order valence-corrected chi connectivity index (χ3v) is 17.5. The minimum absolute atomic E-state index is 0.00935. The number of hydrogen-bond donors (Lipinski definition) is 3. The van der Waals surface area contributed by atoms with Crippen molar-refractivity contribution in [2.75, 3.05) is 13.2 Å². The van der Waals surface area contributed by atoms with E-state index in [1.807, 2.05) is 0 Å². The van der Waals surface area contributed by atoms with Crippen LogP contribution >= 0.6 is 0 Å². The molecule has 0 aliphatic rings. The Hall–Kier alpha value is -1.66. The van der Waals surface area contributed by atoms with Gasteiger partial charge in [-0.25, -0.2) is 0 Å². The molecular formula is C75H145NO5. The summed E-state index contributed by atoms with van der Waals surface area (Å²) >= 11 is 0. The van der Waals surface area contributed by atoms with Crippen molar-refractivity contribution in [1.82, 2.24) is 5.32 Å². The number of nitrogens with one attached hydrogen (secondary N) is 1. The Bertz CT molecular complexity index is 1270. The lowest BCUT2D eigenvalue weighted by atomic mass is 10.0. The summed E-state index contributed by atoms with van der Waals surface area (Å²) in [6, 6.07) is -0.541. The van der Waals surface area contributed by atoms with E-state index in [-0.39, 0.29) is 18.5 Å². The molecule has 480 valence electrons. The molecule has 6 nitrogen and oxygen atoms in total. The quantitative estimate of drug-likeness (QED) is 0.0320. The lowest BCUT2D eigenvalue weighted by Crippen LogP contribution is -2.45. The molecule has 81 heavy (non-hydrogen) atoms. The maximum Gasteiger partial charge on any atom is 0.305 e. The van der Waals surface area contributed by atoms with Gasteiger partial charge < -0.3 is 20.3 Å². The molecule has 1 amide bonds. The molecule has 0 saturated carbocycles. The van der Waals surface area contributed by atoms with Crippen molar-refractivity contribution < 1.29 is 24.5 Å². The number of carbonyl (C=O) groups excluding carboxylic acids is 2. The van der Waals surface area contributed by atoms with Crippen LogP contribution in [0.25, 0.3) is 0 Å². The van der Waals surface area contributed by atoms with Crippen LogP contribution in [-0.2, 0) is 14.3 Å². The van der Waals surface area contributed by atoms with E-state index in [4.69, 9.17) is 4.74 Å². The molecule has 0 radical (unpaired) electrons. The standard InChI is InChI=1S/C75H145NO5/c1-3-5-7-9-11-13-15-17-19-20-21-34-37-40-43-47-51-55-59-63-67-73(78)72(71-77)76-74(79)68-64-60-56-52-48-44-41-38-35-32-30-28-26-24-22-23-25-27-29-31-33-36-39-42-46-50-54-58-62-66-70-81-75(80)69-65-61-57-53-49-45-18-16-14-12-10-8-6-4-2/h16,18,23,25,72-73,77-78H,3-15,17,19-22,24,26-71H2,1-2H3,(H,76,79)/b18-16-,25-23-. The zero-order valence-corrected chi connectivity index (χ0v) is 55.0. The van der Waals surface area contributed by atoms with Gasteiger partial charge in [0.05, 0.1) is 25.4 Å². The maximum atomic E-state index is 12.5. The fraction of sp³-hybridized carbons (Fsp3) is 0.920. The monoisotopic (exact) mass is 1140 g/mol. The van der Waals surface area contributed by atoms with E-state index in [9.17, 15) is 19.8 Å². The minimum Gasteiger partial charge on any atom is -0.466 e. The summed E-state index contributed by atoms with van der Waals surface area (Å²) in [5, 5.41) is 23.4. The fourth-order valence-corrected chi connectivity index (χ4v) is 11.8. The Kier molecular flexibility index (Phi) is 69.4. The third kappa shape index (κ3) is 67.3. The van der Waals surface area contributed by atoms with Crippen LogP contribution in [0.1, 0.15) is 418 Å². The number of hydrogen-bond acceptors (Lipinski definition) is 5. The molecule has 0 aromatic rings. The largest absolute Gasteiger partial charge is 0.466 e. The predicted octanol–water partition coefficient (Wildman–Crippen LogP) is 24.1. The van der Waals surface area contributed by atoms with Crippen molar-refractivity contribution in [3.63, 3.8) is 0 Å². The number of rotatable bonds is 70. The van der Waals surface area contributed by atoms with E-state index in [2.05, 4.69) is 43.5 Å². The summed E-state index contributed by atoms with van der Waals surface area (Å²) < 4.78 is 5.49. The number of unbranched alkanes of at least 4 members (excludes halogenated alkanes) is 55. The zero-order valence-electron chi connectivity index (χ0n) is 55.0. The van der Waals surface area contributed by atoms with Crippen LogP contribution in [0.4, 0.5) is 0 Å². The van der Waals surface area contributed by atoms with Crippen LogP contribution in [0.5, 0.6) is 0 Å². The first-order valence-corrected chi connectivity index (χ1v) is 37.1. The molecule has 0 aromatic carbocycles. The summed E-state index contributed by atoms with van der Waals surface area (Å²) in [5.41, 5.74) is 0. The molecule has 6 heteroatoms. The van der Waals surface area contributed by atoms with Crippen molar-refractivity contribution in [3.05, 3.63) is 24.3 Å². The van der Waals surface area contributed by atoms with Crippen molar-refractivity contribution in [3.8, 4) is 0 Å². The van der Waals surface area contributed by atoms with Gasteiger partial charge in [0, 0.05) is 12.8 Å². The van der Waals surface area contributed by atoms with Gasteiger partial charge in [-0.1, -0.05) is 353 Å². The average molecular weight is 1140 g/mol. The number of esters is 1. The number of aliphatic hydroxyl groups is 2. The summed E-state index contributed by atoms with van der Waals surface area (Å²) in [4.78, 5) is 24.6. The topological polar surface area (TPSA) is 95.9 Å². The molecule has 2 atom stereocenters. The van der Waals surface area contributed by atoms with Gasteiger partial charge >= 0.3 is 5.97 Å². The van der Waals surface area contributed by atoms with Gasteiger partial charge in [0.2, 0.25) is 5.91 Å². The van der Waals surface area contributed by atoms with E-state index < -0.39 is 12.1 Å². The van der Waals surface area contributed by atoms with Crippen LogP contribution < -0.4 is 5.32 Å². The molecular weight excluding hydrogens is 995 g/mol. The van der Waals surface area contributed by atoms with Gasteiger partial charge in [-0.3, -0.25) is 9.59 Å². The Morgan fingerprint density at radius 3 is 0.877 bits per heavy atom. The highest BCUT2D eigenvalue weighted by Gasteiger charge is 2.20. The number of carbonyl (C=O) groups is 2. The van der Waals surface area contributed by atoms with E-state index >= 15 is 0 Å². The lowest BCUT2D eigenvalue weighted by molar-refractivity contribution is -0.143. The Morgan fingerprint density at radius 2 is 0.580 bits per heavy atom. The smallest absolute Gasteiger partial charge is 0.305 e. The molecule has 0 saturated heterocycles. The molecule has 0 bridgehead atoms. The molecule has 3 N–H and O–H groups in total. The highest BCUT2D eigenvalue weighted by atomic mass is 16.5. The summed E-state index contributed by atoms with van der Waals surface area (Å²) in [6.45, 7) is 4.98. The van der Waals surface area contributed by atoms with Crippen LogP contribution in [0.2, 0.25) is 0 Å². The average Bonchev–Trinajstić information content (AvgIpc) is 3.47. The van der Waals surface area contributed by atoms with Gasteiger partial charge in [-0.05, 0) is 77.0 Å². The molecule has 2 unspecified atom stereocenters. The second-order valence-corrected chi connectivity index (χ2v) is 25.6. The van der Waals surface area contributed by atoms with Gasteiger partial charge in [0.15, 0.2) is 0 Å². The zero-order chi connectivity index (χ0) is 58.5. The Labute approximate surface area is 507 Å². The Balaban J connectivity index is 3.37. The lowest BCUT2D eigenvalue weighted by Gasteiger charge is -2.22.